The summed E-state index contributed by atoms with van der Waals surface area (Å²) in [6, 6.07) is 24.3. The van der Waals surface area contributed by atoms with Crippen LogP contribution in [0.2, 0.25) is 5.02 Å². The average molecular weight is 413 g/mol. The van der Waals surface area contributed by atoms with Crippen LogP contribution in [0, 0.1) is 0 Å². The summed E-state index contributed by atoms with van der Waals surface area (Å²) in [5.74, 6) is 0.0632. The molecule has 1 aliphatic heterocycles. The van der Waals surface area contributed by atoms with Crippen molar-refractivity contribution in [3.63, 3.8) is 0 Å². The molecule has 3 nitrogen and oxygen atoms in total. The largest absolute Gasteiger partial charge is 0.342 e. The highest BCUT2D eigenvalue weighted by Gasteiger charge is 2.31. The van der Waals surface area contributed by atoms with Gasteiger partial charge in [-0.15, -0.1) is 0 Å². The number of carbonyl (C=O) groups is 1. The number of amides is 1. The zero-order chi connectivity index (χ0) is 20.7. The second-order valence-electron chi connectivity index (χ2n) is 7.48. The molecule has 0 fully saturated rings. The van der Waals surface area contributed by atoms with Gasteiger partial charge in [-0.3, -0.25) is 4.79 Å². The summed E-state index contributed by atoms with van der Waals surface area (Å²) < 4.78 is 2.23. The minimum absolute atomic E-state index is 0.0632. The van der Waals surface area contributed by atoms with Crippen LogP contribution in [0.15, 0.2) is 79.0 Å². The molecule has 1 amide bonds. The fourth-order valence-electron chi connectivity index (χ4n) is 4.22. The number of para-hydroxylation sites is 2. The Morgan fingerprint density at radius 2 is 1.67 bits per heavy atom. The smallest absolute Gasteiger partial charge is 0.258 e. The summed E-state index contributed by atoms with van der Waals surface area (Å²) in [6.45, 7) is 3.41. The van der Waals surface area contributed by atoms with Gasteiger partial charge in [0.2, 0.25) is 0 Å². The average Bonchev–Trinajstić information content (AvgIpc) is 3.25. The molecule has 5 rings (SSSR count). The van der Waals surface area contributed by atoms with Crippen LogP contribution in [0.4, 0.5) is 5.69 Å². The number of hydrogen-bond donors (Lipinski definition) is 0. The van der Waals surface area contributed by atoms with E-state index in [1.165, 1.54) is 5.56 Å². The lowest BCUT2D eigenvalue weighted by atomic mass is 10.0. The van der Waals surface area contributed by atoms with Crippen LogP contribution < -0.4 is 4.90 Å². The Labute approximate surface area is 180 Å². The van der Waals surface area contributed by atoms with Crippen LogP contribution in [0.1, 0.15) is 23.6 Å². The maximum absolute atomic E-state index is 13.1. The normalized spacial score (nSPS) is 14.7. The lowest BCUT2D eigenvalue weighted by Gasteiger charge is -2.13. The number of nitrogens with zero attached hydrogens (tertiary/aromatic N) is 2. The second-order valence-corrected chi connectivity index (χ2v) is 7.92. The van der Waals surface area contributed by atoms with E-state index in [0.717, 1.165) is 44.9 Å². The Bertz CT molecular complexity index is 1280. The number of anilines is 1. The number of likely N-dealkylation sites (N-methyl/N-ethyl adjacent to an activating group) is 1. The molecule has 3 aromatic carbocycles. The van der Waals surface area contributed by atoms with Crippen molar-refractivity contribution in [3.8, 4) is 0 Å². The van der Waals surface area contributed by atoms with Crippen LogP contribution in [0.25, 0.3) is 22.6 Å². The summed E-state index contributed by atoms with van der Waals surface area (Å²) in [6.07, 6.45) is 4.17. The standard InChI is InChI=1S/C26H21ClN2O/c1-2-29-25-10-6-4-8-22(25)23(26(29)30)15-19-17-28(24-9-5-3-7-21(19)24)16-18-11-13-20(27)14-12-18/h3-15,17H,2,16H2,1H3/b23-15+. The van der Waals surface area contributed by atoms with Gasteiger partial charge in [0.25, 0.3) is 5.91 Å². The van der Waals surface area contributed by atoms with Gasteiger partial charge in [0.05, 0.1) is 5.69 Å². The molecule has 1 aliphatic rings. The van der Waals surface area contributed by atoms with Gasteiger partial charge in [-0.2, -0.15) is 0 Å². The van der Waals surface area contributed by atoms with E-state index < -0.39 is 0 Å². The summed E-state index contributed by atoms with van der Waals surface area (Å²) >= 11 is 6.04. The molecular formula is C26H21ClN2O. The first kappa shape index (κ1) is 18.7. The Kier molecular flexibility index (Phi) is 4.68. The van der Waals surface area contributed by atoms with Gasteiger partial charge in [0.15, 0.2) is 0 Å². The first-order valence-corrected chi connectivity index (χ1v) is 10.5. The van der Waals surface area contributed by atoms with Gasteiger partial charge in [-0.1, -0.05) is 60.1 Å². The van der Waals surface area contributed by atoms with Gasteiger partial charge in [0, 0.05) is 51.9 Å². The highest BCUT2D eigenvalue weighted by atomic mass is 35.5. The van der Waals surface area contributed by atoms with Crippen molar-refractivity contribution in [2.45, 2.75) is 13.5 Å². The van der Waals surface area contributed by atoms with Crippen LogP contribution in [-0.2, 0) is 11.3 Å². The van der Waals surface area contributed by atoms with Crippen molar-refractivity contribution in [2.24, 2.45) is 0 Å². The molecule has 0 spiro atoms. The summed E-state index contributed by atoms with van der Waals surface area (Å²) in [7, 11) is 0. The number of aromatic nitrogens is 1. The molecule has 0 N–H and O–H groups in total. The first-order chi connectivity index (χ1) is 14.7. The van der Waals surface area contributed by atoms with E-state index in [1.807, 2.05) is 78.6 Å². The molecule has 0 aliphatic carbocycles. The third-order valence-electron chi connectivity index (χ3n) is 5.66. The topological polar surface area (TPSA) is 25.2 Å². The van der Waals surface area contributed by atoms with E-state index in [-0.39, 0.29) is 5.91 Å². The van der Waals surface area contributed by atoms with E-state index in [9.17, 15) is 4.79 Å². The van der Waals surface area contributed by atoms with E-state index in [1.54, 1.807) is 0 Å². The maximum Gasteiger partial charge on any atom is 0.258 e. The molecule has 0 radical (unpaired) electrons. The molecule has 0 bridgehead atoms. The van der Waals surface area contributed by atoms with Crippen LogP contribution in [0.3, 0.4) is 0 Å². The van der Waals surface area contributed by atoms with Gasteiger partial charge >= 0.3 is 0 Å². The fourth-order valence-corrected chi connectivity index (χ4v) is 4.35. The Morgan fingerprint density at radius 1 is 0.933 bits per heavy atom. The number of rotatable bonds is 4. The van der Waals surface area contributed by atoms with Crippen molar-refractivity contribution in [1.29, 1.82) is 0 Å². The number of fused-ring (bicyclic) bond motifs is 2. The van der Waals surface area contributed by atoms with Gasteiger partial charge in [-0.05, 0) is 42.8 Å². The summed E-state index contributed by atoms with van der Waals surface area (Å²) in [5, 5.41) is 1.87. The van der Waals surface area contributed by atoms with Crippen molar-refractivity contribution in [3.05, 3.63) is 101 Å². The van der Waals surface area contributed by atoms with Crippen LogP contribution >= 0.6 is 11.6 Å². The van der Waals surface area contributed by atoms with Gasteiger partial charge in [0.1, 0.15) is 0 Å². The summed E-state index contributed by atoms with van der Waals surface area (Å²) in [5.41, 5.74) is 6.11. The van der Waals surface area contributed by atoms with E-state index in [2.05, 4.69) is 22.9 Å². The monoisotopic (exact) mass is 412 g/mol. The number of benzene rings is 3. The van der Waals surface area contributed by atoms with Gasteiger partial charge in [-0.25, -0.2) is 0 Å². The van der Waals surface area contributed by atoms with E-state index in [4.69, 9.17) is 11.6 Å². The molecule has 30 heavy (non-hydrogen) atoms. The Balaban J connectivity index is 1.62. The van der Waals surface area contributed by atoms with Crippen molar-refractivity contribution in [1.82, 2.24) is 4.57 Å². The van der Waals surface area contributed by atoms with Crippen molar-refractivity contribution < 1.29 is 4.79 Å². The zero-order valence-electron chi connectivity index (χ0n) is 16.7. The highest BCUT2D eigenvalue weighted by molar-refractivity contribution is 6.36. The lowest BCUT2D eigenvalue weighted by Crippen LogP contribution is -2.25. The highest BCUT2D eigenvalue weighted by Crippen LogP contribution is 2.38. The zero-order valence-corrected chi connectivity index (χ0v) is 17.4. The maximum atomic E-state index is 13.1. The molecule has 4 aromatic rings. The van der Waals surface area contributed by atoms with E-state index in [0.29, 0.717) is 6.54 Å². The van der Waals surface area contributed by atoms with Gasteiger partial charge < -0.3 is 9.47 Å². The fraction of sp³-hybridized carbons (Fsp3) is 0.115. The molecular weight excluding hydrogens is 392 g/mol. The molecule has 0 atom stereocenters. The number of halogens is 1. The number of carbonyl (C=O) groups excluding carboxylic acids is 1. The lowest BCUT2D eigenvalue weighted by molar-refractivity contribution is -0.112. The van der Waals surface area contributed by atoms with Crippen molar-refractivity contribution >= 4 is 45.7 Å². The van der Waals surface area contributed by atoms with E-state index >= 15 is 0 Å². The predicted octanol–water partition coefficient (Wildman–Crippen LogP) is 6.25. The molecule has 0 saturated heterocycles. The first-order valence-electron chi connectivity index (χ1n) is 10.1. The third-order valence-corrected chi connectivity index (χ3v) is 5.91. The summed E-state index contributed by atoms with van der Waals surface area (Å²) in [4.78, 5) is 14.9. The minimum Gasteiger partial charge on any atom is -0.342 e. The van der Waals surface area contributed by atoms with Crippen LogP contribution in [0.5, 0.6) is 0 Å². The second kappa shape index (κ2) is 7.51. The quantitative estimate of drug-likeness (QED) is 0.363. The third kappa shape index (κ3) is 3.12. The predicted molar refractivity (Wildman–Crippen MR) is 125 cm³/mol. The Morgan fingerprint density at radius 3 is 2.47 bits per heavy atom. The molecule has 1 aromatic heterocycles. The molecule has 2 heterocycles. The van der Waals surface area contributed by atoms with Crippen molar-refractivity contribution in [2.75, 3.05) is 11.4 Å². The minimum atomic E-state index is 0.0632. The SMILES string of the molecule is CCN1C(=O)/C(=C/c2cn(Cc3ccc(Cl)cc3)c3ccccc23)c2ccccc21. The molecule has 4 heteroatoms. The molecule has 0 saturated carbocycles. The Hall–Kier alpha value is -3.30. The van der Waals surface area contributed by atoms with Crippen LogP contribution in [-0.4, -0.2) is 17.0 Å². The molecule has 0 unspecified atom stereocenters. The number of hydrogen-bond acceptors (Lipinski definition) is 1. The molecule has 148 valence electrons.